The van der Waals surface area contributed by atoms with Gasteiger partial charge >= 0.3 is 0 Å². The molecule has 3 unspecified atom stereocenters. The second-order valence-electron chi connectivity index (χ2n) is 5.78. The van der Waals surface area contributed by atoms with Crippen LogP contribution in [0.15, 0.2) is 28.7 Å². The molecule has 0 amide bonds. The van der Waals surface area contributed by atoms with Crippen molar-refractivity contribution in [1.29, 1.82) is 0 Å². The average molecular weight is 327 g/mol. The Morgan fingerprint density at radius 3 is 2.84 bits per heavy atom. The lowest BCUT2D eigenvalue weighted by Crippen LogP contribution is -2.48. The minimum Gasteiger partial charge on any atom is -0.390 e. The summed E-state index contributed by atoms with van der Waals surface area (Å²) in [7, 11) is 1.74. The first-order valence-corrected chi connectivity index (χ1v) is 7.83. The van der Waals surface area contributed by atoms with E-state index in [0.29, 0.717) is 12.3 Å². The zero-order valence-corrected chi connectivity index (χ0v) is 13.3. The Labute approximate surface area is 124 Å². The lowest BCUT2D eigenvalue weighted by Gasteiger charge is -2.42. The van der Waals surface area contributed by atoms with E-state index in [1.165, 1.54) is 6.42 Å². The molecule has 1 saturated carbocycles. The number of aliphatic hydroxyl groups is 1. The molecule has 106 valence electrons. The molecule has 1 aliphatic carbocycles. The number of rotatable bonds is 4. The number of ether oxygens (including phenoxy) is 1. The van der Waals surface area contributed by atoms with Crippen LogP contribution in [-0.4, -0.2) is 23.9 Å². The Morgan fingerprint density at radius 2 is 2.21 bits per heavy atom. The van der Waals surface area contributed by atoms with E-state index in [4.69, 9.17) is 4.74 Å². The molecular weight excluding hydrogens is 304 g/mol. The van der Waals surface area contributed by atoms with Gasteiger partial charge in [0.2, 0.25) is 0 Å². The van der Waals surface area contributed by atoms with Crippen molar-refractivity contribution in [2.45, 2.75) is 50.7 Å². The lowest BCUT2D eigenvalue weighted by atomic mass is 9.74. The molecule has 3 atom stereocenters. The lowest BCUT2D eigenvalue weighted by molar-refractivity contribution is -0.131. The minimum atomic E-state index is -0.445. The van der Waals surface area contributed by atoms with Crippen molar-refractivity contribution in [1.82, 2.24) is 0 Å². The van der Waals surface area contributed by atoms with Crippen LogP contribution in [0, 0.1) is 5.92 Å². The molecule has 0 saturated heterocycles. The van der Waals surface area contributed by atoms with E-state index in [2.05, 4.69) is 28.9 Å². The van der Waals surface area contributed by atoms with Gasteiger partial charge in [-0.3, -0.25) is 0 Å². The van der Waals surface area contributed by atoms with Gasteiger partial charge in [-0.2, -0.15) is 0 Å². The van der Waals surface area contributed by atoms with Crippen LogP contribution >= 0.6 is 15.9 Å². The van der Waals surface area contributed by atoms with Crippen molar-refractivity contribution in [3.05, 3.63) is 34.3 Å². The topological polar surface area (TPSA) is 29.5 Å². The second kappa shape index (κ2) is 6.38. The second-order valence-corrected chi connectivity index (χ2v) is 6.64. The number of benzene rings is 1. The Morgan fingerprint density at radius 1 is 1.47 bits per heavy atom. The van der Waals surface area contributed by atoms with E-state index in [1.54, 1.807) is 7.11 Å². The molecule has 3 heteroatoms. The predicted molar refractivity (Wildman–Crippen MR) is 81.2 cm³/mol. The van der Waals surface area contributed by atoms with Crippen LogP contribution in [0.25, 0.3) is 0 Å². The maximum absolute atomic E-state index is 10.7. The SMILES string of the molecule is COC1(C(O)Cc2ccccc2Br)CCCC(C)C1. The molecule has 0 bridgehead atoms. The number of methoxy groups -OCH3 is 1. The molecule has 1 fully saturated rings. The average Bonchev–Trinajstić information content (AvgIpc) is 2.41. The van der Waals surface area contributed by atoms with Crippen LogP contribution in [0.1, 0.15) is 38.2 Å². The van der Waals surface area contributed by atoms with Crippen LogP contribution in [-0.2, 0) is 11.2 Å². The van der Waals surface area contributed by atoms with E-state index in [1.807, 2.05) is 18.2 Å². The molecule has 1 aromatic rings. The van der Waals surface area contributed by atoms with Crippen molar-refractivity contribution in [2.24, 2.45) is 5.92 Å². The van der Waals surface area contributed by atoms with Gasteiger partial charge in [0.15, 0.2) is 0 Å². The standard InChI is InChI=1S/C16H23BrO2/c1-12-6-5-9-16(11-12,19-2)15(18)10-13-7-3-4-8-14(13)17/h3-4,7-8,12,15,18H,5-6,9-11H2,1-2H3. The molecule has 0 aliphatic heterocycles. The molecule has 0 heterocycles. The third kappa shape index (κ3) is 3.39. The monoisotopic (exact) mass is 326 g/mol. The van der Waals surface area contributed by atoms with Gasteiger partial charge in [-0.1, -0.05) is 53.9 Å². The third-order valence-corrected chi connectivity index (χ3v) is 5.15. The molecule has 0 aromatic heterocycles. The molecule has 2 rings (SSSR count). The van der Waals surface area contributed by atoms with Gasteiger partial charge in [-0.15, -0.1) is 0 Å². The van der Waals surface area contributed by atoms with Crippen LogP contribution in [0.5, 0.6) is 0 Å². The fraction of sp³-hybridized carbons (Fsp3) is 0.625. The van der Waals surface area contributed by atoms with Gasteiger partial charge in [-0.25, -0.2) is 0 Å². The highest BCUT2D eigenvalue weighted by molar-refractivity contribution is 9.10. The first-order chi connectivity index (χ1) is 9.07. The summed E-state index contributed by atoms with van der Waals surface area (Å²) in [6.07, 6.45) is 4.49. The number of halogens is 1. The largest absolute Gasteiger partial charge is 0.390 e. The van der Waals surface area contributed by atoms with E-state index in [9.17, 15) is 5.11 Å². The molecule has 1 aromatic carbocycles. The van der Waals surface area contributed by atoms with Crippen molar-refractivity contribution < 1.29 is 9.84 Å². The van der Waals surface area contributed by atoms with Crippen LogP contribution in [0.4, 0.5) is 0 Å². The van der Waals surface area contributed by atoms with Crippen molar-refractivity contribution in [3.8, 4) is 0 Å². The normalized spacial score (nSPS) is 29.2. The Kier molecular flexibility index (Phi) is 5.04. The summed E-state index contributed by atoms with van der Waals surface area (Å²) < 4.78 is 6.82. The highest BCUT2D eigenvalue weighted by atomic mass is 79.9. The quantitative estimate of drug-likeness (QED) is 0.907. The van der Waals surface area contributed by atoms with Crippen LogP contribution in [0.3, 0.4) is 0 Å². The summed E-state index contributed by atoms with van der Waals surface area (Å²) in [5.74, 6) is 0.627. The Hall–Kier alpha value is -0.380. The summed E-state index contributed by atoms with van der Waals surface area (Å²) >= 11 is 3.55. The number of hydrogen-bond acceptors (Lipinski definition) is 2. The van der Waals surface area contributed by atoms with Crippen molar-refractivity contribution >= 4 is 15.9 Å². The molecule has 1 N–H and O–H groups in total. The van der Waals surface area contributed by atoms with Crippen molar-refractivity contribution in [2.75, 3.05) is 7.11 Å². The summed E-state index contributed by atoms with van der Waals surface area (Å²) in [6.45, 7) is 2.25. The fourth-order valence-electron chi connectivity index (χ4n) is 3.23. The first-order valence-electron chi connectivity index (χ1n) is 7.04. The molecule has 19 heavy (non-hydrogen) atoms. The summed E-state index contributed by atoms with van der Waals surface area (Å²) in [5.41, 5.74) is 0.775. The van der Waals surface area contributed by atoms with Crippen LogP contribution < -0.4 is 0 Å². The third-order valence-electron chi connectivity index (χ3n) is 4.38. The fourth-order valence-corrected chi connectivity index (χ4v) is 3.67. The summed E-state index contributed by atoms with van der Waals surface area (Å²) in [4.78, 5) is 0. The van der Waals surface area contributed by atoms with Gasteiger partial charge in [0, 0.05) is 18.0 Å². The molecular formula is C16H23BrO2. The Balaban J connectivity index is 2.13. The smallest absolute Gasteiger partial charge is 0.0942 e. The van der Waals surface area contributed by atoms with Crippen molar-refractivity contribution in [3.63, 3.8) is 0 Å². The van der Waals surface area contributed by atoms with Gasteiger partial charge in [-0.05, 0) is 30.4 Å². The maximum Gasteiger partial charge on any atom is 0.0942 e. The number of hydrogen-bond donors (Lipinski definition) is 1. The van der Waals surface area contributed by atoms with E-state index >= 15 is 0 Å². The van der Waals surface area contributed by atoms with Gasteiger partial charge in [0.05, 0.1) is 11.7 Å². The molecule has 0 spiro atoms. The molecule has 1 aliphatic rings. The number of aliphatic hydroxyl groups excluding tert-OH is 1. The minimum absolute atomic E-state index is 0.368. The zero-order chi connectivity index (χ0) is 13.9. The first kappa shape index (κ1) is 15.0. The van der Waals surface area contributed by atoms with E-state index < -0.39 is 6.10 Å². The van der Waals surface area contributed by atoms with E-state index in [-0.39, 0.29) is 5.60 Å². The Bertz CT molecular complexity index is 421. The summed E-state index contributed by atoms with van der Waals surface area (Å²) in [5, 5.41) is 10.7. The predicted octanol–water partition coefficient (Wildman–Crippen LogP) is 3.95. The summed E-state index contributed by atoms with van der Waals surface area (Å²) in [6, 6.07) is 8.08. The van der Waals surface area contributed by atoms with Gasteiger partial charge < -0.3 is 9.84 Å². The van der Waals surface area contributed by atoms with Gasteiger partial charge in [0.1, 0.15) is 0 Å². The zero-order valence-electron chi connectivity index (χ0n) is 11.7. The highest BCUT2D eigenvalue weighted by Crippen LogP contribution is 2.38. The highest BCUT2D eigenvalue weighted by Gasteiger charge is 2.41. The van der Waals surface area contributed by atoms with E-state index in [0.717, 1.165) is 29.3 Å². The maximum atomic E-state index is 10.7. The molecule has 0 radical (unpaired) electrons. The van der Waals surface area contributed by atoms with Gasteiger partial charge in [0.25, 0.3) is 0 Å². The molecule has 2 nitrogen and oxygen atoms in total. The van der Waals surface area contributed by atoms with Crippen LogP contribution in [0.2, 0.25) is 0 Å².